The smallest absolute Gasteiger partial charge is 0.408 e. The summed E-state index contributed by atoms with van der Waals surface area (Å²) in [6.07, 6.45) is 0.427. The second-order valence-corrected chi connectivity index (χ2v) is 11.0. The highest BCUT2D eigenvalue weighted by Gasteiger charge is 2.31. The number of carbonyl (C=O) groups excluding carboxylic acids is 3. The summed E-state index contributed by atoms with van der Waals surface area (Å²) in [7, 11) is 0. The summed E-state index contributed by atoms with van der Waals surface area (Å²) in [6.45, 7) is 8.97. The molecule has 0 bridgehead atoms. The maximum absolute atomic E-state index is 13.4. The van der Waals surface area contributed by atoms with Gasteiger partial charge in [0.05, 0.1) is 0 Å². The highest BCUT2D eigenvalue weighted by molar-refractivity contribution is 5.93. The van der Waals surface area contributed by atoms with Crippen molar-refractivity contribution in [2.24, 2.45) is 5.92 Å². The number of carbonyl (C=O) groups is 4. The second kappa shape index (κ2) is 14.9. The van der Waals surface area contributed by atoms with E-state index in [1.54, 1.807) is 45.0 Å². The van der Waals surface area contributed by atoms with Gasteiger partial charge in [-0.25, -0.2) is 9.59 Å². The third-order valence-corrected chi connectivity index (χ3v) is 5.81. The molecule has 0 saturated carbocycles. The molecule has 0 heterocycles. The Morgan fingerprint density at radius 3 is 1.79 bits per heavy atom. The summed E-state index contributed by atoms with van der Waals surface area (Å²) in [5, 5.41) is 17.7. The zero-order valence-electron chi connectivity index (χ0n) is 23.4. The Labute approximate surface area is 230 Å². The molecular formula is C30H41N3O6. The van der Waals surface area contributed by atoms with Crippen LogP contribution in [-0.2, 0) is 32.0 Å². The lowest BCUT2D eigenvalue weighted by Gasteiger charge is -2.26. The molecule has 0 saturated heterocycles. The van der Waals surface area contributed by atoms with Crippen molar-refractivity contribution < 1.29 is 29.0 Å². The third kappa shape index (κ3) is 12.0. The van der Waals surface area contributed by atoms with Gasteiger partial charge < -0.3 is 25.8 Å². The van der Waals surface area contributed by atoms with Crippen LogP contribution < -0.4 is 16.0 Å². The van der Waals surface area contributed by atoms with E-state index in [4.69, 9.17) is 4.74 Å². The number of ether oxygens (including phenoxy) is 1. The first-order valence-electron chi connectivity index (χ1n) is 13.2. The Balaban J connectivity index is 2.17. The van der Waals surface area contributed by atoms with Gasteiger partial charge >= 0.3 is 12.1 Å². The molecule has 0 fully saturated rings. The minimum absolute atomic E-state index is 0.0278. The van der Waals surface area contributed by atoms with Gasteiger partial charge in [-0.05, 0) is 57.1 Å². The van der Waals surface area contributed by atoms with E-state index >= 15 is 0 Å². The number of aliphatic carboxylic acids is 1. The van der Waals surface area contributed by atoms with Gasteiger partial charge in [0.25, 0.3) is 0 Å². The van der Waals surface area contributed by atoms with E-state index in [1.165, 1.54) is 0 Å². The van der Waals surface area contributed by atoms with E-state index in [-0.39, 0.29) is 25.2 Å². The Bertz CT molecular complexity index is 1080. The van der Waals surface area contributed by atoms with E-state index in [2.05, 4.69) is 16.0 Å². The van der Waals surface area contributed by atoms with Crippen molar-refractivity contribution in [2.75, 3.05) is 0 Å². The predicted octanol–water partition coefficient (Wildman–Crippen LogP) is 3.86. The SMILES string of the molecule is CC(C)C[C@@H](NC(=O)[C@H](CCc1ccccc1)NC(=O)OC(C)(C)C)C(=O)N[C@@H](Cc1ccccc1)C(=O)O. The summed E-state index contributed by atoms with van der Waals surface area (Å²) in [4.78, 5) is 51.0. The van der Waals surface area contributed by atoms with Crippen molar-refractivity contribution >= 4 is 23.9 Å². The molecule has 0 aromatic heterocycles. The normalized spacial score (nSPS) is 13.6. The second-order valence-electron chi connectivity index (χ2n) is 11.0. The van der Waals surface area contributed by atoms with E-state index < -0.39 is 47.6 Å². The zero-order chi connectivity index (χ0) is 29.0. The van der Waals surface area contributed by atoms with E-state index in [9.17, 15) is 24.3 Å². The lowest BCUT2D eigenvalue weighted by molar-refractivity contribution is -0.142. The predicted molar refractivity (Wildman–Crippen MR) is 149 cm³/mol. The summed E-state index contributed by atoms with van der Waals surface area (Å²) >= 11 is 0. The first-order chi connectivity index (χ1) is 18.3. The Morgan fingerprint density at radius 2 is 1.28 bits per heavy atom. The Kier molecular flexibility index (Phi) is 12.0. The van der Waals surface area contributed by atoms with E-state index in [0.29, 0.717) is 6.42 Å². The summed E-state index contributed by atoms with van der Waals surface area (Å²) in [5.74, 6) is -2.29. The molecule has 212 valence electrons. The molecule has 0 aliphatic heterocycles. The molecule has 0 aliphatic carbocycles. The van der Waals surface area contributed by atoms with E-state index in [0.717, 1.165) is 11.1 Å². The van der Waals surface area contributed by atoms with Crippen LogP contribution in [0.25, 0.3) is 0 Å². The van der Waals surface area contributed by atoms with Crippen LogP contribution in [0.15, 0.2) is 60.7 Å². The minimum atomic E-state index is -1.17. The van der Waals surface area contributed by atoms with Crippen LogP contribution in [0.5, 0.6) is 0 Å². The number of carboxylic acid groups (broad SMARTS) is 1. The van der Waals surface area contributed by atoms with Crippen molar-refractivity contribution in [1.29, 1.82) is 0 Å². The fourth-order valence-corrected chi connectivity index (χ4v) is 3.97. The number of aryl methyl sites for hydroxylation is 1. The largest absolute Gasteiger partial charge is 0.480 e. The molecule has 0 spiro atoms. The molecule has 39 heavy (non-hydrogen) atoms. The molecule has 2 aromatic carbocycles. The van der Waals surface area contributed by atoms with Crippen LogP contribution in [0.1, 0.15) is 58.6 Å². The molecule has 4 N–H and O–H groups in total. The topological polar surface area (TPSA) is 134 Å². The molecule has 3 amide bonds. The number of amides is 3. The van der Waals surface area contributed by atoms with Gasteiger partial charge in [-0.15, -0.1) is 0 Å². The van der Waals surface area contributed by atoms with Gasteiger partial charge in [-0.2, -0.15) is 0 Å². The van der Waals surface area contributed by atoms with Crippen molar-refractivity contribution in [2.45, 2.75) is 84.0 Å². The van der Waals surface area contributed by atoms with Gasteiger partial charge in [0.1, 0.15) is 23.7 Å². The molecular weight excluding hydrogens is 498 g/mol. The van der Waals surface area contributed by atoms with Gasteiger partial charge in [0, 0.05) is 6.42 Å². The Hall–Kier alpha value is -3.88. The Morgan fingerprint density at radius 1 is 0.769 bits per heavy atom. The average Bonchev–Trinajstić information content (AvgIpc) is 2.85. The lowest BCUT2D eigenvalue weighted by Crippen LogP contribution is -2.56. The fraction of sp³-hybridized carbons (Fsp3) is 0.467. The molecule has 0 unspecified atom stereocenters. The third-order valence-electron chi connectivity index (χ3n) is 5.81. The van der Waals surface area contributed by atoms with Gasteiger partial charge in [0.2, 0.25) is 11.8 Å². The van der Waals surface area contributed by atoms with Gasteiger partial charge in [-0.1, -0.05) is 74.5 Å². The van der Waals surface area contributed by atoms with Crippen LogP contribution in [0, 0.1) is 5.92 Å². The first kappa shape index (κ1) is 31.3. The lowest BCUT2D eigenvalue weighted by atomic mass is 10.00. The van der Waals surface area contributed by atoms with Crippen molar-refractivity contribution in [3.63, 3.8) is 0 Å². The van der Waals surface area contributed by atoms with Crippen molar-refractivity contribution in [3.05, 3.63) is 71.8 Å². The maximum atomic E-state index is 13.4. The average molecular weight is 540 g/mol. The number of rotatable bonds is 13. The molecule has 0 radical (unpaired) electrons. The molecule has 9 nitrogen and oxygen atoms in total. The van der Waals surface area contributed by atoms with Crippen molar-refractivity contribution in [1.82, 2.24) is 16.0 Å². The molecule has 2 aromatic rings. The molecule has 2 rings (SSSR count). The molecule has 0 aliphatic rings. The van der Waals surface area contributed by atoms with Crippen LogP contribution >= 0.6 is 0 Å². The van der Waals surface area contributed by atoms with E-state index in [1.807, 2.05) is 50.2 Å². The van der Waals surface area contributed by atoms with Crippen LogP contribution in [0.4, 0.5) is 4.79 Å². The maximum Gasteiger partial charge on any atom is 0.408 e. The quantitative estimate of drug-likeness (QED) is 0.306. The monoisotopic (exact) mass is 539 g/mol. The van der Waals surface area contributed by atoms with Gasteiger partial charge in [-0.3, -0.25) is 9.59 Å². The summed E-state index contributed by atoms with van der Waals surface area (Å²) in [6, 6.07) is 15.4. The highest BCUT2D eigenvalue weighted by Crippen LogP contribution is 2.12. The van der Waals surface area contributed by atoms with Crippen molar-refractivity contribution in [3.8, 4) is 0 Å². The van der Waals surface area contributed by atoms with Gasteiger partial charge in [0.15, 0.2) is 0 Å². The number of nitrogens with one attached hydrogen (secondary N) is 3. The number of benzene rings is 2. The number of hydrogen-bond acceptors (Lipinski definition) is 5. The summed E-state index contributed by atoms with van der Waals surface area (Å²) in [5.41, 5.74) is 0.995. The van der Waals surface area contributed by atoms with Crippen LogP contribution in [0.3, 0.4) is 0 Å². The number of alkyl carbamates (subject to hydrolysis) is 1. The first-order valence-corrected chi connectivity index (χ1v) is 13.2. The summed E-state index contributed by atoms with van der Waals surface area (Å²) < 4.78 is 5.35. The van der Waals surface area contributed by atoms with Crippen LogP contribution in [0.2, 0.25) is 0 Å². The number of carboxylic acids is 1. The fourth-order valence-electron chi connectivity index (χ4n) is 3.97. The zero-order valence-corrected chi connectivity index (χ0v) is 23.4. The minimum Gasteiger partial charge on any atom is -0.480 e. The number of hydrogen-bond donors (Lipinski definition) is 4. The molecule has 9 heteroatoms. The van der Waals surface area contributed by atoms with Crippen LogP contribution in [-0.4, -0.2) is 52.7 Å². The molecule has 3 atom stereocenters. The standard InChI is InChI=1S/C30H41N3O6/c1-20(2)18-24(27(35)32-25(28(36)37)19-22-14-10-7-11-15-22)31-26(34)23(33-29(38)39-30(3,4)5)17-16-21-12-8-6-9-13-21/h6-15,20,23-25H,16-19H2,1-5H3,(H,31,34)(H,32,35)(H,33,38)(H,36,37)/t23-,24+,25-/m0/s1. The highest BCUT2D eigenvalue weighted by atomic mass is 16.6.